The number of carbonyl (C=O) groups excluding carboxylic acids is 2. The van der Waals surface area contributed by atoms with E-state index in [9.17, 15) is 9.59 Å². The summed E-state index contributed by atoms with van der Waals surface area (Å²) in [6, 6.07) is -0.383. The molecule has 0 saturated carbocycles. The molecule has 0 aliphatic carbocycles. The number of hydrogen-bond acceptors (Lipinski definition) is 3. The van der Waals surface area contributed by atoms with Gasteiger partial charge in [0.25, 0.3) is 5.91 Å². The average Bonchev–Trinajstić information content (AvgIpc) is 2.57. The number of anilines is 1. The van der Waals surface area contributed by atoms with Gasteiger partial charge in [-0.1, -0.05) is 0 Å². The van der Waals surface area contributed by atoms with Gasteiger partial charge in [-0.2, -0.15) is 5.10 Å². The highest BCUT2D eigenvalue weighted by Crippen LogP contribution is 2.20. The van der Waals surface area contributed by atoms with Crippen molar-refractivity contribution in [1.29, 1.82) is 0 Å². The fraction of sp³-hybridized carbons (Fsp3) is 0.375. The van der Waals surface area contributed by atoms with Crippen molar-refractivity contribution in [3.8, 4) is 0 Å². The van der Waals surface area contributed by atoms with E-state index >= 15 is 0 Å². The van der Waals surface area contributed by atoms with Crippen molar-refractivity contribution >= 4 is 17.6 Å². The van der Waals surface area contributed by atoms with Crippen LogP contribution >= 0.6 is 0 Å². The van der Waals surface area contributed by atoms with Crippen LogP contribution in [0.3, 0.4) is 0 Å². The van der Waals surface area contributed by atoms with E-state index < -0.39 is 0 Å². The summed E-state index contributed by atoms with van der Waals surface area (Å²) in [6.45, 7) is 1.82. The number of rotatable bonds is 1. The van der Waals surface area contributed by atoms with Crippen LogP contribution in [0, 0.1) is 6.92 Å². The number of nitrogens with one attached hydrogen (secondary N) is 1. The lowest BCUT2D eigenvalue weighted by molar-refractivity contribution is -0.115. The van der Waals surface area contributed by atoms with Crippen molar-refractivity contribution in [2.24, 2.45) is 7.05 Å². The van der Waals surface area contributed by atoms with Crippen LogP contribution in [-0.4, -0.2) is 28.3 Å². The van der Waals surface area contributed by atoms with Gasteiger partial charge in [0.1, 0.15) is 0 Å². The van der Waals surface area contributed by atoms with Gasteiger partial charge in [-0.3, -0.25) is 9.48 Å². The third-order valence-corrected chi connectivity index (χ3v) is 2.07. The van der Waals surface area contributed by atoms with Crippen LogP contribution < -0.4 is 10.2 Å². The molecule has 2 rings (SSSR count). The van der Waals surface area contributed by atoms with Gasteiger partial charge in [-0.25, -0.2) is 9.69 Å². The molecule has 3 amide bonds. The minimum atomic E-state index is -0.383. The molecule has 6 heteroatoms. The van der Waals surface area contributed by atoms with Gasteiger partial charge in [0.2, 0.25) is 0 Å². The Morgan fingerprint density at radius 2 is 2.21 bits per heavy atom. The lowest BCUT2D eigenvalue weighted by Gasteiger charge is -2.09. The highest BCUT2D eigenvalue weighted by Gasteiger charge is 2.31. The van der Waals surface area contributed by atoms with Crippen LogP contribution in [-0.2, 0) is 11.8 Å². The molecule has 74 valence electrons. The fourth-order valence-corrected chi connectivity index (χ4v) is 1.47. The third kappa shape index (κ3) is 1.15. The zero-order valence-electron chi connectivity index (χ0n) is 7.94. The molecule has 1 aliphatic rings. The lowest BCUT2D eigenvalue weighted by Crippen LogP contribution is -2.30. The largest absolute Gasteiger partial charge is 0.329 e. The number of urea groups is 1. The van der Waals surface area contributed by atoms with Gasteiger partial charge in [-0.05, 0) is 6.92 Å². The quantitative estimate of drug-likeness (QED) is 0.629. The highest BCUT2D eigenvalue weighted by atomic mass is 16.2. The Balaban J connectivity index is 2.43. The van der Waals surface area contributed by atoms with Gasteiger partial charge < -0.3 is 5.32 Å². The monoisotopic (exact) mass is 194 g/mol. The zero-order chi connectivity index (χ0) is 10.3. The minimum absolute atomic E-state index is 0.0627. The highest BCUT2D eigenvalue weighted by molar-refractivity contribution is 6.20. The predicted molar refractivity (Wildman–Crippen MR) is 48.8 cm³/mol. The number of carbonyl (C=O) groups is 2. The summed E-state index contributed by atoms with van der Waals surface area (Å²) in [4.78, 5) is 23.8. The minimum Gasteiger partial charge on any atom is -0.328 e. The van der Waals surface area contributed by atoms with Crippen LogP contribution in [0.2, 0.25) is 0 Å². The summed E-state index contributed by atoms with van der Waals surface area (Å²) in [7, 11) is 1.74. The summed E-state index contributed by atoms with van der Waals surface area (Å²) in [5.41, 5.74) is 1.21. The van der Waals surface area contributed by atoms with Crippen LogP contribution in [0.1, 0.15) is 5.69 Å². The summed E-state index contributed by atoms with van der Waals surface area (Å²) in [5.74, 6) is -0.244. The molecule has 0 spiro atoms. The van der Waals surface area contributed by atoms with Crippen LogP contribution in [0.15, 0.2) is 6.20 Å². The first-order chi connectivity index (χ1) is 6.59. The van der Waals surface area contributed by atoms with E-state index in [1.165, 1.54) is 0 Å². The van der Waals surface area contributed by atoms with Crippen molar-refractivity contribution < 1.29 is 9.59 Å². The average molecular weight is 194 g/mol. The summed E-state index contributed by atoms with van der Waals surface area (Å²) in [5, 5.41) is 6.52. The molecule has 0 atom stereocenters. The SMILES string of the molecule is Cc1nn(C)cc1N1C(=O)CNC1=O. The Bertz CT molecular complexity index is 393. The number of aryl methyl sites for hydroxylation is 2. The number of imide groups is 1. The molecule has 14 heavy (non-hydrogen) atoms. The van der Waals surface area contributed by atoms with E-state index in [4.69, 9.17) is 0 Å². The van der Waals surface area contributed by atoms with Gasteiger partial charge in [0, 0.05) is 13.2 Å². The molecule has 1 N–H and O–H groups in total. The molecule has 1 aliphatic heterocycles. The second-order valence-electron chi connectivity index (χ2n) is 3.16. The molecule has 2 heterocycles. The van der Waals surface area contributed by atoms with Crippen molar-refractivity contribution in [3.05, 3.63) is 11.9 Å². The first kappa shape index (κ1) is 8.74. The number of nitrogens with zero attached hydrogens (tertiary/aromatic N) is 3. The van der Waals surface area contributed by atoms with Gasteiger partial charge in [0.15, 0.2) is 0 Å². The Morgan fingerprint density at radius 3 is 2.64 bits per heavy atom. The Labute approximate surface area is 80.5 Å². The first-order valence-corrected chi connectivity index (χ1v) is 4.20. The van der Waals surface area contributed by atoms with E-state index in [2.05, 4.69) is 10.4 Å². The van der Waals surface area contributed by atoms with Crippen molar-refractivity contribution in [1.82, 2.24) is 15.1 Å². The standard InChI is InChI=1S/C8H10N4O2/c1-5-6(4-11(2)10-5)12-7(13)3-9-8(12)14/h4H,3H2,1-2H3,(H,9,14). The third-order valence-electron chi connectivity index (χ3n) is 2.07. The topological polar surface area (TPSA) is 67.2 Å². The van der Waals surface area contributed by atoms with E-state index in [0.29, 0.717) is 11.4 Å². The molecule has 0 radical (unpaired) electrons. The van der Waals surface area contributed by atoms with Gasteiger partial charge in [0.05, 0.1) is 17.9 Å². The zero-order valence-corrected chi connectivity index (χ0v) is 7.94. The molecule has 1 aromatic heterocycles. The molecule has 1 saturated heterocycles. The Morgan fingerprint density at radius 1 is 1.50 bits per heavy atom. The number of amides is 3. The van der Waals surface area contributed by atoms with Crippen molar-refractivity contribution in [2.45, 2.75) is 6.92 Å². The second-order valence-corrected chi connectivity index (χ2v) is 3.16. The lowest BCUT2D eigenvalue weighted by atomic mass is 10.3. The molecule has 6 nitrogen and oxygen atoms in total. The van der Waals surface area contributed by atoms with Crippen molar-refractivity contribution in [2.75, 3.05) is 11.4 Å². The molecule has 0 aromatic carbocycles. The van der Waals surface area contributed by atoms with E-state index in [1.54, 1.807) is 24.9 Å². The normalized spacial score (nSPS) is 16.3. The molecule has 1 fully saturated rings. The number of aromatic nitrogens is 2. The predicted octanol–water partition coefficient (Wildman–Crippen LogP) is -0.215. The fourth-order valence-electron chi connectivity index (χ4n) is 1.47. The Kier molecular flexibility index (Phi) is 1.77. The van der Waals surface area contributed by atoms with Crippen LogP contribution in [0.25, 0.3) is 0 Å². The second kappa shape index (κ2) is 2.83. The molecule has 0 bridgehead atoms. The number of hydrogen-bond donors (Lipinski definition) is 1. The summed E-state index contributed by atoms with van der Waals surface area (Å²) < 4.78 is 1.57. The van der Waals surface area contributed by atoms with Crippen LogP contribution in [0.5, 0.6) is 0 Å². The smallest absolute Gasteiger partial charge is 0.328 e. The van der Waals surface area contributed by atoms with Gasteiger partial charge >= 0.3 is 6.03 Å². The van der Waals surface area contributed by atoms with E-state index in [0.717, 1.165) is 4.90 Å². The molecule has 1 aromatic rings. The van der Waals surface area contributed by atoms with E-state index in [-0.39, 0.29) is 18.5 Å². The summed E-state index contributed by atoms with van der Waals surface area (Å²) >= 11 is 0. The summed E-state index contributed by atoms with van der Waals surface area (Å²) in [6.07, 6.45) is 1.65. The molecular formula is C8H10N4O2. The van der Waals surface area contributed by atoms with Gasteiger partial charge in [-0.15, -0.1) is 0 Å². The first-order valence-electron chi connectivity index (χ1n) is 4.20. The van der Waals surface area contributed by atoms with Crippen molar-refractivity contribution in [3.63, 3.8) is 0 Å². The maximum absolute atomic E-state index is 11.4. The van der Waals surface area contributed by atoms with E-state index in [1.807, 2.05) is 0 Å². The molecule has 0 unspecified atom stereocenters. The molecular weight excluding hydrogens is 184 g/mol. The Hall–Kier alpha value is -1.85. The maximum Gasteiger partial charge on any atom is 0.329 e. The van der Waals surface area contributed by atoms with Crippen LogP contribution in [0.4, 0.5) is 10.5 Å². The maximum atomic E-state index is 11.4.